The third-order valence-corrected chi connectivity index (χ3v) is 6.77. The number of ether oxygens (including phenoxy) is 1. The van der Waals surface area contributed by atoms with Crippen LogP contribution in [0.3, 0.4) is 0 Å². The fraction of sp³-hybridized carbons (Fsp3) is 0.500. The van der Waals surface area contributed by atoms with Crippen LogP contribution in [0.4, 0.5) is 5.82 Å². The lowest BCUT2D eigenvalue weighted by Crippen LogP contribution is -2.42. The quantitative estimate of drug-likeness (QED) is 0.693. The highest BCUT2D eigenvalue weighted by molar-refractivity contribution is 5.92. The first kappa shape index (κ1) is 17.0. The Bertz CT molecular complexity index is 1090. The van der Waals surface area contributed by atoms with Crippen molar-refractivity contribution in [1.82, 2.24) is 25.3 Å². The molecule has 3 saturated heterocycles. The van der Waals surface area contributed by atoms with E-state index in [9.17, 15) is 4.79 Å². The summed E-state index contributed by atoms with van der Waals surface area (Å²) >= 11 is 0. The van der Waals surface area contributed by atoms with Crippen molar-refractivity contribution in [3.8, 4) is 0 Å². The molecule has 3 aliphatic heterocycles. The van der Waals surface area contributed by atoms with E-state index in [0.29, 0.717) is 24.0 Å². The third-order valence-electron chi connectivity index (χ3n) is 6.77. The van der Waals surface area contributed by atoms with Crippen molar-refractivity contribution in [2.24, 2.45) is 11.8 Å². The normalized spacial score (nSPS) is 30.2. The lowest BCUT2D eigenvalue weighted by molar-refractivity contribution is 0.0141. The van der Waals surface area contributed by atoms with Crippen LogP contribution >= 0.6 is 0 Å². The van der Waals surface area contributed by atoms with Gasteiger partial charge in [-0.25, -0.2) is 15.0 Å². The Morgan fingerprint density at radius 3 is 3.24 bits per heavy atom. The van der Waals surface area contributed by atoms with Gasteiger partial charge in [-0.2, -0.15) is 0 Å². The molecule has 29 heavy (non-hydrogen) atoms. The first-order valence-electron chi connectivity index (χ1n) is 10.0. The summed E-state index contributed by atoms with van der Waals surface area (Å²) in [5, 5.41) is 4.07. The number of hydrogen-bond acceptors (Lipinski definition) is 7. The molecule has 0 saturated carbocycles. The maximum absolute atomic E-state index is 12.4. The van der Waals surface area contributed by atoms with Gasteiger partial charge in [-0.3, -0.25) is 4.79 Å². The SMILES string of the molecule is Cc1nc(C(=O)NC[C@H]2[C@H]3CN(c4ncnc5[nH]ccc45)C[C@]34CC[C@H]2O4)co1. The molecule has 3 aromatic heterocycles. The molecule has 6 rings (SSSR count). The maximum atomic E-state index is 12.4. The number of hydrogen-bond donors (Lipinski definition) is 2. The molecule has 150 valence electrons. The highest BCUT2D eigenvalue weighted by atomic mass is 16.5. The summed E-state index contributed by atoms with van der Waals surface area (Å²) in [6.45, 7) is 4.01. The number of anilines is 1. The molecule has 3 fully saturated rings. The minimum Gasteiger partial charge on any atom is -0.448 e. The molecule has 4 atom stereocenters. The number of aryl methyl sites for hydroxylation is 1. The Labute approximate surface area is 166 Å². The van der Waals surface area contributed by atoms with Crippen LogP contribution < -0.4 is 10.2 Å². The second-order valence-electron chi connectivity index (χ2n) is 8.31. The van der Waals surface area contributed by atoms with Crippen molar-refractivity contribution in [2.75, 3.05) is 24.5 Å². The van der Waals surface area contributed by atoms with Crippen LogP contribution in [0.15, 0.2) is 29.3 Å². The molecule has 1 spiro atoms. The minimum atomic E-state index is -0.196. The Hall–Kier alpha value is -2.94. The van der Waals surface area contributed by atoms with Gasteiger partial charge < -0.3 is 24.4 Å². The molecule has 2 bridgehead atoms. The number of aromatic amines is 1. The van der Waals surface area contributed by atoms with Crippen molar-refractivity contribution in [1.29, 1.82) is 0 Å². The fourth-order valence-electron chi connectivity index (χ4n) is 5.50. The molecular formula is C20H22N6O3. The van der Waals surface area contributed by atoms with Crippen LogP contribution in [0.1, 0.15) is 29.2 Å². The van der Waals surface area contributed by atoms with Gasteiger partial charge in [0.1, 0.15) is 24.1 Å². The van der Waals surface area contributed by atoms with Gasteiger partial charge in [0.15, 0.2) is 11.6 Å². The average molecular weight is 394 g/mol. The van der Waals surface area contributed by atoms with Crippen LogP contribution in [0, 0.1) is 18.8 Å². The summed E-state index contributed by atoms with van der Waals surface area (Å²) < 4.78 is 11.7. The number of carbonyl (C=O) groups excluding carboxylic acids is 1. The van der Waals surface area contributed by atoms with Gasteiger partial charge in [-0.1, -0.05) is 0 Å². The number of oxazole rings is 1. The Balaban J connectivity index is 1.22. The second kappa shape index (κ2) is 6.03. The second-order valence-corrected chi connectivity index (χ2v) is 8.31. The first-order chi connectivity index (χ1) is 14.1. The van der Waals surface area contributed by atoms with E-state index in [1.54, 1.807) is 13.3 Å². The summed E-state index contributed by atoms with van der Waals surface area (Å²) in [6.07, 6.45) is 7.21. The smallest absolute Gasteiger partial charge is 0.273 e. The van der Waals surface area contributed by atoms with Gasteiger partial charge in [0.25, 0.3) is 5.91 Å². The molecular weight excluding hydrogens is 372 g/mol. The molecule has 9 nitrogen and oxygen atoms in total. The fourth-order valence-corrected chi connectivity index (χ4v) is 5.50. The van der Waals surface area contributed by atoms with Crippen LogP contribution in [-0.4, -0.2) is 57.2 Å². The number of fused-ring (bicyclic) bond motifs is 2. The number of nitrogens with zero attached hydrogens (tertiary/aromatic N) is 4. The first-order valence-corrected chi connectivity index (χ1v) is 10.0. The Morgan fingerprint density at radius 2 is 2.38 bits per heavy atom. The standard InChI is InChI=1S/C20H22N6O3/c1-11-25-15(8-28-11)19(27)22-6-13-14-7-26(9-20(14)4-2-16(13)29-20)18-12-3-5-21-17(12)23-10-24-18/h3,5,8,10,13-14,16H,2,4,6-7,9H2,1H3,(H,22,27)(H,21,23,24)/t13-,14+,16+,20+/m0/s1. The number of aromatic nitrogens is 4. The van der Waals surface area contributed by atoms with E-state index < -0.39 is 0 Å². The zero-order valence-corrected chi connectivity index (χ0v) is 16.1. The van der Waals surface area contributed by atoms with E-state index in [1.165, 1.54) is 6.26 Å². The molecule has 1 amide bonds. The molecule has 6 heterocycles. The highest BCUT2D eigenvalue weighted by Crippen LogP contribution is 2.55. The summed E-state index contributed by atoms with van der Waals surface area (Å²) in [5.41, 5.74) is 1.03. The van der Waals surface area contributed by atoms with Gasteiger partial charge in [-0.15, -0.1) is 0 Å². The molecule has 9 heteroatoms. The minimum absolute atomic E-state index is 0.141. The zero-order chi connectivity index (χ0) is 19.6. The zero-order valence-electron chi connectivity index (χ0n) is 16.1. The van der Waals surface area contributed by atoms with Crippen molar-refractivity contribution < 1.29 is 13.9 Å². The largest absolute Gasteiger partial charge is 0.448 e. The van der Waals surface area contributed by atoms with Crippen LogP contribution in [0.25, 0.3) is 11.0 Å². The topological polar surface area (TPSA) is 109 Å². The van der Waals surface area contributed by atoms with Crippen molar-refractivity contribution in [3.05, 3.63) is 36.4 Å². The summed E-state index contributed by atoms with van der Waals surface area (Å²) in [6, 6.07) is 2.02. The van der Waals surface area contributed by atoms with E-state index in [2.05, 4.69) is 30.2 Å². The van der Waals surface area contributed by atoms with Gasteiger partial charge in [0.2, 0.25) is 0 Å². The van der Waals surface area contributed by atoms with Gasteiger partial charge in [-0.05, 0) is 18.9 Å². The van der Waals surface area contributed by atoms with E-state index in [4.69, 9.17) is 9.15 Å². The van der Waals surface area contributed by atoms with Crippen LogP contribution in [0.2, 0.25) is 0 Å². The van der Waals surface area contributed by atoms with Crippen molar-refractivity contribution >= 4 is 22.8 Å². The third kappa shape index (κ3) is 2.50. The summed E-state index contributed by atoms with van der Waals surface area (Å²) in [4.78, 5) is 30.9. The Morgan fingerprint density at radius 1 is 1.45 bits per heavy atom. The maximum Gasteiger partial charge on any atom is 0.273 e. The molecule has 0 aliphatic carbocycles. The lowest BCUT2D eigenvalue weighted by Gasteiger charge is -2.29. The predicted octanol–water partition coefficient (Wildman–Crippen LogP) is 1.67. The molecule has 0 unspecified atom stereocenters. The van der Waals surface area contributed by atoms with Gasteiger partial charge in [0, 0.05) is 44.6 Å². The molecule has 0 aromatic carbocycles. The number of carbonyl (C=O) groups is 1. The monoisotopic (exact) mass is 394 g/mol. The molecule has 2 N–H and O–H groups in total. The van der Waals surface area contributed by atoms with E-state index in [1.807, 2.05) is 12.3 Å². The number of rotatable bonds is 4. The molecule has 3 aliphatic rings. The lowest BCUT2D eigenvalue weighted by atomic mass is 9.73. The predicted molar refractivity (Wildman–Crippen MR) is 103 cm³/mol. The number of H-pyrrole nitrogens is 1. The highest BCUT2D eigenvalue weighted by Gasteiger charge is 2.63. The number of amides is 1. The van der Waals surface area contributed by atoms with E-state index in [0.717, 1.165) is 42.8 Å². The average Bonchev–Trinajstić information content (AvgIpc) is 3.50. The summed E-state index contributed by atoms with van der Waals surface area (Å²) in [5.74, 6) is 1.90. The van der Waals surface area contributed by atoms with Crippen molar-refractivity contribution in [2.45, 2.75) is 31.5 Å². The molecule has 3 aromatic rings. The number of nitrogens with one attached hydrogen (secondary N) is 2. The summed E-state index contributed by atoms with van der Waals surface area (Å²) in [7, 11) is 0. The van der Waals surface area contributed by atoms with Gasteiger partial charge in [0.05, 0.1) is 17.1 Å². The van der Waals surface area contributed by atoms with E-state index in [-0.39, 0.29) is 23.5 Å². The van der Waals surface area contributed by atoms with E-state index >= 15 is 0 Å². The van der Waals surface area contributed by atoms with Gasteiger partial charge >= 0.3 is 0 Å². The van der Waals surface area contributed by atoms with Crippen LogP contribution in [0.5, 0.6) is 0 Å². The van der Waals surface area contributed by atoms with Crippen molar-refractivity contribution in [3.63, 3.8) is 0 Å². The van der Waals surface area contributed by atoms with Crippen LogP contribution in [-0.2, 0) is 4.74 Å². The molecule has 0 radical (unpaired) electrons. The Kier molecular flexibility index (Phi) is 3.53.